The van der Waals surface area contributed by atoms with Gasteiger partial charge in [0, 0.05) is 13.7 Å². The molecule has 0 heterocycles. The fraction of sp³-hybridized carbons (Fsp3) is 0.455. The molecule has 1 rings (SSSR count). The van der Waals surface area contributed by atoms with Gasteiger partial charge in [-0.2, -0.15) is 0 Å². The molecule has 3 nitrogen and oxygen atoms in total. The van der Waals surface area contributed by atoms with Crippen molar-refractivity contribution in [3.8, 4) is 0 Å². The first-order valence-electron chi connectivity index (χ1n) is 4.74. The van der Waals surface area contributed by atoms with Gasteiger partial charge in [-0.05, 0) is 24.5 Å². The van der Waals surface area contributed by atoms with Crippen LogP contribution in [0.2, 0.25) is 0 Å². The van der Waals surface area contributed by atoms with Crippen LogP contribution in [-0.2, 0) is 17.7 Å². The van der Waals surface area contributed by atoms with E-state index in [4.69, 9.17) is 9.94 Å². The molecular formula is C11H17NO2. The Kier molecular flexibility index (Phi) is 4.59. The highest BCUT2D eigenvalue weighted by molar-refractivity contribution is 5.23. The van der Waals surface area contributed by atoms with Gasteiger partial charge in [0.2, 0.25) is 0 Å². The van der Waals surface area contributed by atoms with Crippen molar-refractivity contribution in [2.45, 2.75) is 26.0 Å². The van der Waals surface area contributed by atoms with Gasteiger partial charge < -0.3 is 9.94 Å². The van der Waals surface area contributed by atoms with Gasteiger partial charge in [-0.25, -0.2) is 5.48 Å². The Morgan fingerprint density at radius 2 is 2.14 bits per heavy atom. The second-order valence-electron chi connectivity index (χ2n) is 3.41. The quantitative estimate of drug-likeness (QED) is 0.703. The molecule has 1 aromatic rings. The van der Waals surface area contributed by atoms with E-state index in [0.29, 0.717) is 6.54 Å². The van der Waals surface area contributed by atoms with E-state index in [-0.39, 0.29) is 6.10 Å². The van der Waals surface area contributed by atoms with Crippen molar-refractivity contribution in [1.82, 2.24) is 5.48 Å². The molecule has 0 amide bonds. The Morgan fingerprint density at radius 1 is 1.43 bits per heavy atom. The second kappa shape index (κ2) is 5.75. The maximum Gasteiger partial charge on any atom is 0.0583 e. The van der Waals surface area contributed by atoms with E-state index in [1.807, 2.05) is 19.1 Å². The zero-order valence-corrected chi connectivity index (χ0v) is 8.66. The summed E-state index contributed by atoms with van der Waals surface area (Å²) in [6.45, 7) is 2.52. The molecular weight excluding hydrogens is 178 g/mol. The van der Waals surface area contributed by atoms with Gasteiger partial charge in [0.15, 0.2) is 0 Å². The highest BCUT2D eigenvalue weighted by Crippen LogP contribution is 2.08. The van der Waals surface area contributed by atoms with Crippen molar-refractivity contribution in [3.63, 3.8) is 0 Å². The first kappa shape index (κ1) is 11.2. The molecule has 0 bridgehead atoms. The number of rotatable bonds is 5. The molecule has 0 aliphatic carbocycles. The fourth-order valence-corrected chi connectivity index (χ4v) is 1.37. The second-order valence-corrected chi connectivity index (χ2v) is 3.41. The molecule has 78 valence electrons. The van der Waals surface area contributed by atoms with E-state index in [2.05, 4.69) is 17.6 Å². The molecule has 0 fully saturated rings. The zero-order valence-electron chi connectivity index (χ0n) is 8.66. The predicted octanol–water partition coefficient (Wildman–Crippen LogP) is 1.74. The molecule has 0 radical (unpaired) electrons. The molecule has 1 unspecified atom stereocenters. The lowest BCUT2D eigenvalue weighted by Crippen LogP contribution is -2.10. The van der Waals surface area contributed by atoms with Crippen LogP contribution in [0.4, 0.5) is 0 Å². The molecule has 14 heavy (non-hydrogen) atoms. The Bertz CT molecular complexity index is 276. The van der Waals surface area contributed by atoms with Crippen LogP contribution in [-0.4, -0.2) is 18.4 Å². The van der Waals surface area contributed by atoms with E-state index in [1.165, 1.54) is 5.56 Å². The van der Waals surface area contributed by atoms with Crippen molar-refractivity contribution < 1.29 is 9.94 Å². The van der Waals surface area contributed by atoms with Crippen LogP contribution in [0.5, 0.6) is 0 Å². The molecule has 3 heteroatoms. The highest BCUT2D eigenvalue weighted by Gasteiger charge is 2.02. The Balaban J connectivity index is 2.63. The van der Waals surface area contributed by atoms with Crippen LogP contribution in [0.15, 0.2) is 24.3 Å². The number of benzene rings is 1. The van der Waals surface area contributed by atoms with Gasteiger partial charge in [-0.15, -0.1) is 0 Å². The summed E-state index contributed by atoms with van der Waals surface area (Å²) < 4.78 is 5.19. The summed E-state index contributed by atoms with van der Waals surface area (Å²) in [5.74, 6) is 0. The van der Waals surface area contributed by atoms with E-state index in [9.17, 15) is 0 Å². The normalized spacial score (nSPS) is 12.8. The predicted molar refractivity (Wildman–Crippen MR) is 55.2 cm³/mol. The van der Waals surface area contributed by atoms with Gasteiger partial charge in [-0.1, -0.05) is 24.3 Å². The lowest BCUT2D eigenvalue weighted by molar-refractivity contribution is 0.119. The lowest BCUT2D eigenvalue weighted by Gasteiger charge is -2.10. The lowest BCUT2D eigenvalue weighted by atomic mass is 10.1. The first-order valence-corrected chi connectivity index (χ1v) is 4.74. The van der Waals surface area contributed by atoms with E-state index in [0.717, 1.165) is 12.0 Å². The summed E-state index contributed by atoms with van der Waals surface area (Å²) in [5.41, 5.74) is 4.45. The van der Waals surface area contributed by atoms with Crippen LogP contribution in [0.1, 0.15) is 18.1 Å². The Labute approximate surface area is 84.7 Å². The topological polar surface area (TPSA) is 41.5 Å². The fourth-order valence-electron chi connectivity index (χ4n) is 1.37. The van der Waals surface area contributed by atoms with Crippen LogP contribution >= 0.6 is 0 Å². The SMILES string of the molecule is COC(C)Cc1cccc(CNO)c1. The van der Waals surface area contributed by atoms with E-state index in [1.54, 1.807) is 7.11 Å². The number of hydrogen-bond acceptors (Lipinski definition) is 3. The van der Waals surface area contributed by atoms with Crippen molar-refractivity contribution in [2.75, 3.05) is 7.11 Å². The van der Waals surface area contributed by atoms with E-state index >= 15 is 0 Å². The average molecular weight is 195 g/mol. The molecule has 1 aromatic carbocycles. The summed E-state index contributed by atoms with van der Waals surface area (Å²) in [5, 5.41) is 8.56. The van der Waals surface area contributed by atoms with Crippen molar-refractivity contribution >= 4 is 0 Å². The smallest absolute Gasteiger partial charge is 0.0583 e. The molecule has 0 saturated carbocycles. The minimum absolute atomic E-state index is 0.229. The Hall–Kier alpha value is -0.900. The molecule has 0 aliphatic heterocycles. The summed E-state index contributed by atoms with van der Waals surface area (Å²) in [4.78, 5) is 0. The summed E-state index contributed by atoms with van der Waals surface area (Å²) >= 11 is 0. The molecule has 0 saturated heterocycles. The molecule has 2 N–H and O–H groups in total. The van der Waals surface area contributed by atoms with E-state index < -0.39 is 0 Å². The largest absolute Gasteiger partial charge is 0.381 e. The maximum absolute atomic E-state index is 8.56. The van der Waals surface area contributed by atoms with Gasteiger partial charge >= 0.3 is 0 Å². The zero-order chi connectivity index (χ0) is 10.4. The third-order valence-electron chi connectivity index (χ3n) is 2.20. The molecule has 0 spiro atoms. The molecule has 0 aromatic heterocycles. The van der Waals surface area contributed by atoms with Crippen LogP contribution < -0.4 is 5.48 Å². The standard InChI is InChI=1S/C11H17NO2/c1-9(14-2)6-10-4-3-5-11(7-10)8-12-13/h3-5,7,9,12-13H,6,8H2,1-2H3. The van der Waals surface area contributed by atoms with Crippen molar-refractivity contribution in [3.05, 3.63) is 35.4 Å². The number of methoxy groups -OCH3 is 1. The maximum atomic E-state index is 8.56. The molecule has 0 aliphatic rings. The minimum atomic E-state index is 0.229. The van der Waals surface area contributed by atoms with Crippen LogP contribution in [0.3, 0.4) is 0 Å². The van der Waals surface area contributed by atoms with Crippen molar-refractivity contribution in [2.24, 2.45) is 0 Å². The van der Waals surface area contributed by atoms with Gasteiger partial charge in [0.1, 0.15) is 0 Å². The number of ether oxygens (including phenoxy) is 1. The monoisotopic (exact) mass is 195 g/mol. The Morgan fingerprint density at radius 3 is 2.79 bits per heavy atom. The van der Waals surface area contributed by atoms with Crippen molar-refractivity contribution in [1.29, 1.82) is 0 Å². The summed E-state index contributed by atoms with van der Waals surface area (Å²) in [7, 11) is 1.71. The summed E-state index contributed by atoms with van der Waals surface area (Å²) in [6, 6.07) is 8.10. The first-order chi connectivity index (χ1) is 6.76. The minimum Gasteiger partial charge on any atom is -0.381 e. The van der Waals surface area contributed by atoms with Crippen LogP contribution in [0, 0.1) is 0 Å². The number of nitrogens with one attached hydrogen (secondary N) is 1. The van der Waals surface area contributed by atoms with Crippen LogP contribution in [0.25, 0.3) is 0 Å². The molecule has 1 atom stereocenters. The van der Waals surface area contributed by atoms with Gasteiger partial charge in [0.25, 0.3) is 0 Å². The van der Waals surface area contributed by atoms with Gasteiger partial charge in [-0.3, -0.25) is 0 Å². The van der Waals surface area contributed by atoms with Gasteiger partial charge in [0.05, 0.1) is 6.10 Å². The number of hydroxylamine groups is 1. The average Bonchev–Trinajstić information content (AvgIpc) is 2.19. The number of hydrogen-bond donors (Lipinski definition) is 2. The third-order valence-corrected chi connectivity index (χ3v) is 2.20. The highest BCUT2D eigenvalue weighted by atomic mass is 16.5. The summed E-state index contributed by atoms with van der Waals surface area (Å²) in [6.07, 6.45) is 1.13. The third kappa shape index (κ3) is 3.46.